The van der Waals surface area contributed by atoms with Gasteiger partial charge in [-0.3, -0.25) is 14.9 Å². The van der Waals surface area contributed by atoms with E-state index in [2.05, 4.69) is 6.92 Å². The molecule has 2 rings (SSSR count). The molecule has 18 heavy (non-hydrogen) atoms. The van der Waals surface area contributed by atoms with Gasteiger partial charge in [0.1, 0.15) is 0 Å². The van der Waals surface area contributed by atoms with E-state index in [4.69, 9.17) is 0 Å². The molecule has 5 heteroatoms. The molecule has 0 radical (unpaired) electrons. The maximum atomic E-state index is 11.8. The lowest BCUT2D eigenvalue weighted by Gasteiger charge is -2.30. The van der Waals surface area contributed by atoms with Gasteiger partial charge >= 0.3 is 0 Å². The molecule has 0 N–H and O–H groups in total. The molecule has 0 bridgehead atoms. The molecule has 1 aliphatic rings. The van der Waals surface area contributed by atoms with Crippen LogP contribution in [0.1, 0.15) is 25.3 Å². The minimum Gasteiger partial charge on any atom is -0.338 e. The van der Waals surface area contributed by atoms with Crippen LogP contribution in [0, 0.1) is 16.0 Å². The summed E-state index contributed by atoms with van der Waals surface area (Å²) < 4.78 is 0. The molecule has 1 aromatic carbocycles. The third-order valence-corrected chi connectivity index (χ3v) is 3.32. The van der Waals surface area contributed by atoms with Crippen LogP contribution < -0.4 is 0 Å². The number of hydrogen-bond donors (Lipinski definition) is 0. The van der Waals surface area contributed by atoms with E-state index in [0.717, 1.165) is 6.42 Å². The molecule has 5 nitrogen and oxygen atoms in total. The predicted octanol–water partition coefficient (Wildman–Crippen LogP) is 2.35. The molecule has 0 spiro atoms. The van der Waals surface area contributed by atoms with Crippen molar-refractivity contribution in [2.75, 3.05) is 6.54 Å². The van der Waals surface area contributed by atoms with Gasteiger partial charge in [-0.25, -0.2) is 0 Å². The van der Waals surface area contributed by atoms with E-state index in [1.807, 2.05) is 0 Å². The summed E-state index contributed by atoms with van der Waals surface area (Å²) >= 11 is 0. The predicted molar refractivity (Wildman–Crippen MR) is 66.9 cm³/mol. The molecule has 0 aromatic heterocycles. The number of benzene rings is 1. The number of rotatable bonds is 3. The molecule has 1 fully saturated rings. The monoisotopic (exact) mass is 248 g/mol. The third-order valence-electron chi connectivity index (χ3n) is 3.32. The average Bonchev–Trinajstić information content (AvgIpc) is 2.33. The summed E-state index contributed by atoms with van der Waals surface area (Å²) in [6, 6.07) is 6.59. The van der Waals surface area contributed by atoms with Gasteiger partial charge in [-0.15, -0.1) is 0 Å². The number of hydrogen-bond acceptors (Lipinski definition) is 3. The Labute approximate surface area is 106 Å². The van der Waals surface area contributed by atoms with Crippen molar-refractivity contribution in [3.05, 3.63) is 39.9 Å². The van der Waals surface area contributed by atoms with E-state index in [0.29, 0.717) is 31.0 Å². The number of likely N-dealkylation sites (tertiary alicyclic amines) is 1. The minimum atomic E-state index is -0.396. The van der Waals surface area contributed by atoms with E-state index in [1.165, 1.54) is 6.07 Å². The molecule has 1 aliphatic heterocycles. The Hall–Kier alpha value is -1.91. The van der Waals surface area contributed by atoms with Gasteiger partial charge in [0.15, 0.2) is 0 Å². The molecule has 1 atom stereocenters. The van der Waals surface area contributed by atoms with E-state index < -0.39 is 4.92 Å². The Morgan fingerprint density at radius 2 is 2.17 bits per heavy atom. The highest BCUT2D eigenvalue weighted by atomic mass is 16.6. The van der Waals surface area contributed by atoms with E-state index in [1.54, 1.807) is 23.1 Å². The van der Waals surface area contributed by atoms with Crippen LogP contribution in [0.2, 0.25) is 0 Å². The van der Waals surface area contributed by atoms with Gasteiger partial charge in [0, 0.05) is 24.6 Å². The van der Waals surface area contributed by atoms with Crippen molar-refractivity contribution in [3.8, 4) is 0 Å². The summed E-state index contributed by atoms with van der Waals surface area (Å²) in [7, 11) is 0. The fraction of sp³-hybridized carbons (Fsp3) is 0.462. The number of nitrogens with zero attached hydrogens (tertiary/aromatic N) is 2. The zero-order valence-electron chi connectivity index (χ0n) is 10.3. The van der Waals surface area contributed by atoms with Crippen LogP contribution in [0.5, 0.6) is 0 Å². The van der Waals surface area contributed by atoms with E-state index in [-0.39, 0.29) is 11.6 Å². The zero-order chi connectivity index (χ0) is 13.1. The topological polar surface area (TPSA) is 63.4 Å². The van der Waals surface area contributed by atoms with Gasteiger partial charge in [0.25, 0.3) is 5.69 Å². The molecule has 1 aromatic rings. The third kappa shape index (κ3) is 2.67. The maximum Gasteiger partial charge on any atom is 0.274 e. The summed E-state index contributed by atoms with van der Waals surface area (Å²) in [4.78, 5) is 24.1. The lowest BCUT2D eigenvalue weighted by atomic mass is 9.98. The number of para-hydroxylation sites is 1. The standard InChI is InChI=1S/C13H16N2O3/c1-10-6-7-14(13(16)8-10)9-11-4-2-3-5-12(11)15(17)18/h2-5,10H,6-9H2,1H3. The van der Waals surface area contributed by atoms with Crippen molar-refractivity contribution < 1.29 is 9.72 Å². The summed E-state index contributed by atoms with van der Waals surface area (Å²) in [6.45, 7) is 3.08. The molecule has 1 unspecified atom stereocenters. The number of carbonyl (C=O) groups excluding carboxylic acids is 1. The van der Waals surface area contributed by atoms with Crippen LogP contribution in [-0.4, -0.2) is 22.3 Å². The SMILES string of the molecule is CC1CCN(Cc2ccccc2[N+](=O)[O-])C(=O)C1. The number of amides is 1. The summed E-state index contributed by atoms with van der Waals surface area (Å²) in [6.07, 6.45) is 1.51. The highest BCUT2D eigenvalue weighted by molar-refractivity contribution is 5.77. The van der Waals surface area contributed by atoms with Crippen molar-refractivity contribution in [3.63, 3.8) is 0 Å². The Kier molecular flexibility index (Phi) is 3.60. The average molecular weight is 248 g/mol. The lowest BCUT2D eigenvalue weighted by Crippen LogP contribution is -2.37. The van der Waals surface area contributed by atoms with Gasteiger partial charge in [0.05, 0.1) is 11.5 Å². The van der Waals surface area contributed by atoms with Gasteiger partial charge in [-0.1, -0.05) is 25.1 Å². The number of nitro groups is 1. The molecule has 1 saturated heterocycles. The van der Waals surface area contributed by atoms with Crippen molar-refractivity contribution in [2.24, 2.45) is 5.92 Å². The first-order chi connectivity index (χ1) is 8.58. The second-order valence-corrected chi connectivity index (χ2v) is 4.80. The number of nitro benzene ring substituents is 1. The van der Waals surface area contributed by atoms with E-state index >= 15 is 0 Å². The van der Waals surface area contributed by atoms with Crippen LogP contribution in [0.15, 0.2) is 24.3 Å². The van der Waals surface area contributed by atoms with Crippen molar-refractivity contribution >= 4 is 11.6 Å². The molecule has 1 amide bonds. The molecule has 0 aliphatic carbocycles. The van der Waals surface area contributed by atoms with Crippen LogP contribution in [-0.2, 0) is 11.3 Å². The van der Waals surface area contributed by atoms with Crippen molar-refractivity contribution in [2.45, 2.75) is 26.3 Å². The Morgan fingerprint density at radius 3 is 2.83 bits per heavy atom. The number of carbonyl (C=O) groups is 1. The molecule has 1 heterocycles. The van der Waals surface area contributed by atoms with Gasteiger partial charge in [-0.2, -0.15) is 0 Å². The first kappa shape index (κ1) is 12.5. The van der Waals surface area contributed by atoms with E-state index in [9.17, 15) is 14.9 Å². The number of piperidine rings is 1. The van der Waals surface area contributed by atoms with Crippen LogP contribution in [0.4, 0.5) is 5.69 Å². The summed E-state index contributed by atoms with van der Waals surface area (Å²) in [5.41, 5.74) is 0.689. The Morgan fingerprint density at radius 1 is 1.44 bits per heavy atom. The van der Waals surface area contributed by atoms with Crippen molar-refractivity contribution in [1.82, 2.24) is 4.90 Å². The Bertz CT molecular complexity index is 473. The zero-order valence-corrected chi connectivity index (χ0v) is 10.3. The quantitative estimate of drug-likeness (QED) is 0.609. The fourth-order valence-electron chi connectivity index (χ4n) is 2.23. The summed E-state index contributed by atoms with van der Waals surface area (Å²) in [5.74, 6) is 0.506. The smallest absolute Gasteiger partial charge is 0.274 e. The molecular weight excluding hydrogens is 232 g/mol. The first-order valence-corrected chi connectivity index (χ1v) is 6.08. The minimum absolute atomic E-state index is 0.0870. The molecule has 0 saturated carbocycles. The van der Waals surface area contributed by atoms with Crippen LogP contribution in [0.3, 0.4) is 0 Å². The largest absolute Gasteiger partial charge is 0.338 e. The molecular formula is C13H16N2O3. The first-order valence-electron chi connectivity index (χ1n) is 6.08. The normalized spacial score (nSPS) is 19.9. The fourth-order valence-corrected chi connectivity index (χ4v) is 2.23. The highest BCUT2D eigenvalue weighted by Gasteiger charge is 2.25. The van der Waals surface area contributed by atoms with Crippen molar-refractivity contribution in [1.29, 1.82) is 0 Å². The van der Waals surface area contributed by atoms with Gasteiger partial charge in [0.2, 0.25) is 5.91 Å². The van der Waals surface area contributed by atoms with Crippen LogP contribution >= 0.6 is 0 Å². The maximum absolute atomic E-state index is 11.8. The summed E-state index contributed by atoms with van der Waals surface area (Å²) in [5, 5.41) is 10.9. The molecule has 96 valence electrons. The second kappa shape index (κ2) is 5.16. The second-order valence-electron chi connectivity index (χ2n) is 4.80. The Balaban J connectivity index is 2.14. The van der Waals surface area contributed by atoms with Crippen LogP contribution in [0.25, 0.3) is 0 Å². The highest BCUT2D eigenvalue weighted by Crippen LogP contribution is 2.23. The van der Waals surface area contributed by atoms with Gasteiger partial charge < -0.3 is 4.90 Å². The van der Waals surface area contributed by atoms with Gasteiger partial charge in [-0.05, 0) is 12.3 Å². The lowest BCUT2D eigenvalue weighted by molar-refractivity contribution is -0.385.